The number of thioether (sulfide) groups is 1. The number of hydrogen-bond acceptors (Lipinski definition) is 2. The second-order valence-electron chi connectivity index (χ2n) is 4.45. The Kier molecular flexibility index (Phi) is 4.15. The molecule has 0 aliphatic carbocycles. The number of hydrogen-bond donors (Lipinski definition) is 0. The topological polar surface area (TPSA) is 20.3 Å². The molecule has 0 aromatic heterocycles. The summed E-state index contributed by atoms with van der Waals surface area (Å²) in [6.45, 7) is 4.92. The number of benzene rings is 1. The minimum absolute atomic E-state index is 0.0985. The van der Waals surface area contributed by atoms with Crippen LogP contribution in [0.1, 0.15) is 13.8 Å². The van der Waals surface area contributed by atoms with Crippen LogP contribution in [0.3, 0.4) is 0 Å². The van der Waals surface area contributed by atoms with Gasteiger partial charge in [0.15, 0.2) is 0 Å². The number of carbonyl (C=O) groups excluding carboxylic acids is 1. The minimum atomic E-state index is -0.0985. The summed E-state index contributed by atoms with van der Waals surface area (Å²) < 4.78 is 0. The van der Waals surface area contributed by atoms with Gasteiger partial charge in [-0.3, -0.25) is 4.79 Å². The van der Waals surface area contributed by atoms with Crippen LogP contribution in [0.2, 0.25) is 0 Å². The maximum atomic E-state index is 12.4. The Balaban J connectivity index is 2.27. The second-order valence-corrected chi connectivity index (χ2v) is 6.58. The fraction of sp³-hybridized carbons (Fsp3) is 0.462. The van der Waals surface area contributed by atoms with Crippen molar-refractivity contribution >= 4 is 39.3 Å². The van der Waals surface area contributed by atoms with Crippen molar-refractivity contribution in [1.29, 1.82) is 0 Å². The number of rotatable bonds is 2. The van der Waals surface area contributed by atoms with Crippen LogP contribution in [0.4, 0.5) is 5.69 Å². The van der Waals surface area contributed by atoms with E-state index < -0.39 is 0 Å². The molecule has 4 heteroatoms. The van der Waals surface area contributed by atoms with Crippen molar-refractivity contribution in [3.8, 4) is 0 Å². The van der Waals surface area contributed by atoms with Gasteiger partial charge in [0.25, 0.3) is 0 Å². The fourth-order valence-corrected chi connectivity index (χ4v) is 3.07. The van der Waals surface area contributed by atoms with E-state index in [2.05, 4.69) is 35.8 Å². The van der Waals surface area contributed by atoms with E-state index in [9.17, 15) is 4.79 Å². The first-order valence-corrected chi connectivity index (χ1v) is 7.68. The molecule has 1 aromatic carbocycles. The lowest BCUT2D eigenvalue weighted by atomic mass is 10.1. The van der Waals surface area contributed by atoms with E-state index in [0.717, 1.165) is 18.0 Å². The normalized spacial score (nSPS) is 16.8. The van der Waals surface area contributed by atoms with Gasteiger partial charge in [0.2, 0.25) is 5.91 Å². The van der Waals surface area contributed by atoms with Crippen LogP contribution < -0.4 is 4.90 Å². The highest BCUT2D eigenvalue weighted by Crippen LogP contribution is 2.35. The number of carbonyl (C=O) groups is 1. The highest BCUT2D eigenvalue weighted by atomic mass is 79.9. The van der Waals surface area contributed by atoms with E-state index in [4.69, 9.17) is 0 Å². The van der Waals surface area contributed by atoms with Crippen molar-refractivity contribution in [3.63, 3.8) is 0 Å². The molecule has 1 aromatic rings. The lowest BCUT2D eigenvalue weighted by molar-refractivity contribution is -0.118. The minimum Gasteiger partial charge on any atom is -0.309 e. The zero-order valence-electron chi connectivity index (χ0n) is 10.0. The largest absolute Gasteiger partial charge is 0.309 e. The average molecular weight is 314 g/mol. The van der Waals surface area contributed by atoms with Crippen LogP contribution in [0.25, 0.3) is 0 Å². The summed E-state index contributed by atoms with van der Waals surface area (Å²) in [6.07, 6.45) is 0. The summed E-state index contributed by atoms with van der Waals surface area (Å²) in [4.78, 5) is 15.4. The Morgan fingerprint density at radius 1 is 1.41 bits per heavy atom. The second kappa shape index (κ2) is 5.44. The van der Waals surface area contributed by atoms with Crippen LogP contribution in [-0.4, -0.2) is 23.0 Å². The Bertz CT molecular complexity index is 422. The molecule has 1 heterocycles. The van der Waals surface area contributed by atoms with Crippen LogP contribution in [0.15, 0.2) is 29.2 Å². The first kappa shape index (κ1) is 13.0. The van der Waals surface area contributed by atoms with E-state index in [-0.39, 0.29) is 10.7 Å². The zero-order chi connectivity index (χ0) is 12.4. The molecule has 0 spiro atoms. The first-order valence-electron chi connectivity index (χ1n) is 5.78. The number of halogens is 1. The van der Waals surface area contributed by atoms with Gasteiger partial charge in [-0.1, -0.05) is 41.9 Å². The third-order valence-electron chi connectivity index (χ3n) is 2.82. The van der Waals surface area contributed by atoms with E-state index in [1.165, 1.54) is 4.90 Å². The van der Waals surface area contributed by atoms with E-state index in [1.54, 1.807) is 0 Å². The first-order chi connectivity index (χ1) is 8.11. The summed E-state index contributed by atoms with van der Waals surface area (Å²) in [5.41, 5.74) is 1.05. The van der Waals surface area contributed by atoms with Gasteiger partial charge < -0.3 is 4.90 Å². The molecule has 1 atom stereocenters. The molecule has 0 N–H and O–H groups in total. The molecule has 2 nitrogen and oxygen atoms in total. The lowest BCUT2D eigenvalue weighted by Crippen LogP contribution is -2.41. The fourth-order valence-electron chi connectivity index (χ4n) is 1.83. The monoisotopic (exact) mass is 313 g/mol. The number of alkyl halides is 1. The maximum absolute atomic E-state index is 12.4. The lowest BCUT2D eigenvalue weighted by Gasteiger charge is -2.31. The molecule has 2 rings (SSSR count). The Labute approximate surface area is 115 Å². The van der Waals surface area contributed by atoms with Crippen LogP contribution in [-0.2, 0) is 4.79 Å². The van der Waals surface area contributed by atoms with Crippen molar-refractivity contribution in [2.75, 3.05) is 17.2 Å². The SMILES string of the molecule is CC(C)[C@H](Br)C(=O)N1CCSc2ccccc21. The van der Waals surface area contributed by atoms with Crippen LogP contribution in [0.5, 0.6) is 0 Å². The highest BCUT2D eigenvalue weighted by molar-refractivity contribution is 9.10. The van der Waals surface area contributed by atoms with Gasteiger partial charge in [-0.15, -0.1) is 11.8 Å². The molecule has 0 bridgehead atoms. The summed E-state index contributed by atoms with van der Waals surface area (Å²) >= 11 is 5.32. The smallest absolute Gasteiger partial charge is 0.241 e. The Morgan fingerprint density at radius 3 is 2.82 bits per heavy atom. The quantitative estimate of drug-likeness (QED) is 0.778. The molecule has 0 fully saturated rings. The standard InChI is InChI=1S/C13H16BrNOS/c1-9(2)12(14)13(16)15-7-8-17-11-6-4-3-5-10(11)15/h3-6,9,12H,7-8H2,1-2H3/t12-/m0/s1. The third-order valence-corrected chi connectivity index (χ3v) is 5.31. The van der Waals surface area contributed by atoms with Crippen LogP contribution >= 0.6 is 27.7 Å². The van der Waals surface area contributed by atoms with Crippen molar-refractivity contribution in [2.45, 2.75) is 23.6 Å². The number of nitrogens with zero attached hydrogens (tertiary/aromatic N) is 1. The van der Waals surface area contributed by atoms with Gasteiger partial charge >= 0.3 is 0 Å². The van der Waals surface area contributed by atoms with E-state index in [1.807, 2.05) is 34.9 Å². The molecule has 1 aliphatic heterocycles. The molecule has 1 amide bonds. The molecule has 0 saturated carbocycles. The summed E-state index contributed by atoms with van der Waals surface area (Å²) in [5.74, 6) is 1.46. The van der Waals surface area contributed by atoms with Gasteiger partial charge in [0.1, 0.15) is 0 Å². The van der Waals surface area contributed by atoms with Gasteiger partial charge in [-0.05, 0) is 18.1 Å². The van der Waals surface area contributed by atoms with Gasteiger partial charge in [0.05, 0.1) is 10.5 Å². The summed E-state index contributed by atoms with van der Waals surface area (Å²) in [6, 6.07) is 8.12. The van der Waals surface area contributed by atoms with Gasteiger partial charge in [0, 0.05) is 17.2 Å². The van der Waals surface area contributed by atoms with Crippen molar-refractivity contribution in [1.82, 2.24) is 0 Å². The summed E-state index contributed by atoms with van der Waals surface area (Å²) in [5, 5.41) is 0. The molecule has 0 unspecified atom stereocenters. The third kappa shape index (κ3) is 2.68. The number of amides is 1. The molecule has 0 radical (unpaired) electrons. The van der Waals surface area contributed by atoms with Crippen molar-refractivity contribution in [3.05, 3.63) is 24.3 Å². The van der Waals surface area contributed by atoms with Gasteiger partial charge in [-0.2, -0.15) is 0 Å². The highest BCUT2D eigenvalue weighted by Gasteiger charge is 2.28. The summed E-state index contributed by atoms with van der Waals surface area (Å²) in [7, 11) is 0. The molecule has 92 valence electrons. The molecule has 1 aliphatic rings. The molecule has 17 heavy (non-hydrogen) atoms. The predicted molar refractivity (Wildman–Crippen MR) is 77.1 cm³/mol. The van der Waals surface area contributed by atoms with Crippen LogP contribution in [0, 0.1) is 5.92 Å². The van der Waals surface area contributed by atoms with Crippen molar-refractivity contribution < 1.29 is 4.79 Å². The zero-order valence-corrected chi connectivity index (χ0v) is 12.4. The maximum Gasteiger partial charge on any atom is 0.241 e. The van der Waals surface area contributed by atoms with E-state index in [0.29, 0.717) is 5.92 Å². The van der Waals surface area contributed by atoms with Gasteiger partial charge in [-0.25, -0.2) is 0 Å². The number of fused-ring (bicyclic) bond motifs is 1. The Morgan fingerprint density at radius 2 is 2.12 bits per heavy atom. The number of anilines is 1. The average Bonchev–Trinajstić information content (AvgIpc) is 2.36. The van der Waals surface area contributed by atoms with E-state index >= 15 is 0 Å². The molecule has 0 saturated heterocycles. The predicted octanol–water partition coefficient (Wildman–Crippen LogP) is 3.54. The van der Waals surface area contributed by atoms with Crippen molar-refractivity contribution in [2.24, 2.45) is 5.92 Å². The molecular formula is C13H16BrNOS. The molecular weight excluding hydrogens is 298 g/mol. The number of para-hydroxylation sites is 1. The Hall–Kier alpha value is -0.480.